The summed E-state index contributed by atoms with van der Waals surface area (Å²) in [5, 5.41) is 5.05. The van der Waals surface area contributed by atoms with Crippen molar-refractivity contribution in [2.75, 3.05) is 0 Å². The number of nitrogens with zero attached hydrogens (tertiary/aromatic N) is 3. The molecule has 0 saturated heterocycles. The SMILES string of the molecule is c1ccc(-c2nc(-c3ccccc3)nc(-c3cccc(-c4ccc5c6c(ccc5c4)-c4c(ccc5ccccc45)C64c5ccccc5-c5ccccc54)c3)n2)cc1. The van der Waals surface area contributed by atoms with Crippen molar-refractivity contribution >= 4 is 21.5 Å². The van der Waals surface area contributed by atoms with Crippen LogP contribution in [0.3, 0.4) is 0 Å². The molecule has 57 heavy (non-hydrogen) atoms. The zero-order valence-corrected chi connectivity index (χ0v) is 30.9. The Kier molecular flexibility index (Phi) is 6.84. The van der Waals surface area contributed by atoms with Gasteiger partial charge in [0.2, 0.25) is 0 Å². The fraction of sp³-hybridized carbons (Fsp3) is 0.0185. The Hall–Kier alpha value is -7.49. The van der Waals surface area contributed by atoms with E-state index in [9.17, 15) is 0 Å². The highest BCUT2D eigenvalue weighted by atomic mass is 15.0. The minimum absolute atomic E-state index is 0.436. The second kappa shape index (κ2) is 12.3. The van der Waals surface area contributed by atoms with Crippen molar-refractivity contribution in [3.8, 4) is 67.5 Å². The van der Waals surface area contributed by atoms with E-state index in [1.807, 2.05) is 60.7 Å². The molecule has 12 rings (SSSR count). The van der Waals surface area contributed by atoms with Crippen molar-refractivity contribution < 1.29 is 0 Å². The Labute approximate surface area is 330 Å². The van der Waals surface area contributed by atoms with Crippen LogP contribution in [-0.4, -0.2) is 15.0 Å². The number of fused-ring (bicyclic) bond motifs is 14. The Morgan fingerprint density at radius 3 is 1.54 bits per heavy atom. The third-order valence-electron chi connectivity index (χ3n) is 12.1. The second-order valence-corrected chi connectivity index (χ2v) is 15.1. The van der Waals surface area contributed by atoms with Gasteiger partial charge in [-0.05, 0) is 89.3 Å². The van der Waals surface area contributed by atoms with Crippen LogP contribution in [0, 0.1) is 0 Å². The molecule has 264 valence electrons. The zero-order valence-electron chi connectivity index (χ0n) is 30.9. The minimum Gasteiger partial charge on any atom is -0.208 e. The predicted molar refractivity (Wildman–Crippen MR) is 233 cm³/mol. The number of rotatable bonds is 4. The molecule has 2 aliphatic rings. The van der Waals surface area contributed by atoms with E-state index in [2.05, 4.69) is 140 Å². The molecule has 3 nitrogen and oxygen atoms in total. The molecule has 0 fully saturated rings. The Balaban J connectivity index is 1.05. The van der Waals surface area contributed by atoms with E-state index in [1.54, 1.807) is 0 Å². The molecular weight excluding hydrogens is 691 g/mol. The molecule has 0 bridgehead atoms. The van der Waals surface area contributed by atoms with Crippen LogP contribution in [0.4, 0.5) is 0 Å². The van der Waals surface area contributed by atoms with Crippen molar-refractivity contribution in [3.05, 3.63) is 222 Å². The largest absolute Gasteiger partial charge is 0.208 e. The Bertz CT molecular complexity index is 3140. The molecule has 0 unspecified atom stereocenters. The van der Waals surface area contributed by atoms with Crippen LogP contribution in [0.15, 0.2) is 200 Å². The summed E-state index contributed by atoms with van der Waals surface area (Å²) in [6.07, 6.45) is 0. The lowest BCUT2D eigenvalue weighted by atomic mass is 9.69. The van der Waals surface area contributed by atoms with Crippen LogP contribution in [0.2, 0.25) is 0 Å². The maximum absolute atomic E-state index is 5.02. The smallest absolute Gasteiger partial charge is 0.164 e. The molecule has 3 heteroatoms. The Morgan fingerprint density at radius 2 is 0.842 bits per heavy atom. The molecule has 0 amide bonds. The first kappa shape index (κ1) is 31.8. The number of benzene rings is 9. The first-order valence-electron chi connectivity index (χ1n) is 19.5. The number of hydrogen-bond acceptors (Lipinski definition) is 3. The quantitative estimate of drug-likeness (QED) is 0.181. The lowest BCUT2D eigenvalue weighted by Crippen LogP contribution is -2.26. The maximum Gasteiger partial charge on any atom is 0.164 e. The molecule has 1 aromatic heterocycles. The third kappa shape index (κ3) is 4.63. The molecule has 1 spiro atoms. The fourth-order valence-electron chi connectivity index (χ4n) is 9.70. The fourth-order valence-corrected chi connectivity index (χ4v) is 9.70. The monoisotopic (exact) mass is 723 g/mol. The number of aromatic nitrogens is 3. The van der Waals surface area contributed by atoms with Crippen molar-refractivity contribution in [3.63, 3.8) is 0 Å². The highest BCUT2D eigenvalue weighted by molar-refractivity contribution is 6.11. The van der Waals surface area contributed by atoms with Crippen molar-refractivity contribution in [1.82, 2.24) is 15.0 Å². The molecule has 0 N–H and O–H groups in total. The summed E-state index contributed by atoms with van der Waals surface area (Å²) in [6.45, 7) is 0. The van der Waals surface area contributed by atoms with E-state index in [0.717, 1.165) is 27.8 Å². The summed E-state index contributed by atoms with van der Waals surface area (Å²) >= 11 is 0. The third-order valence-corrected chi connectivity index (χ3v) is 12.1. The van der Waals surface area contributed by atoms with Gasteiger partial charge in [0, 0.05) is 16.7 Å². The maximum atomic E-state index is 5.02. The molecule has 0 radical (unpaired) electrons. The summed E-state index contributed by atoms with van der Waals surface area (Å²) in [5.74, 6) is 1.96. The standard InChI is InChI=1S/C54H33N3/c1-3-15-35(16-4-1)51-55-52(36-17-5-2-6-18-36)57-53(56-51)40-20-13-19-37(33-40)38-26-29-42-39(32-38)27-30-45-49-41-21-8-7-14-34(41)28-31-48(49)54(50(42)45)46-24-11-9-22-43(46)44-23-10-12-25-47(44)54/h1-33H. The normalized spacial score (nSPS) is 13.1. The van der Waals surface area contributed by atoms with Gasteiger partial charge in [0.1, 0.15) is 0 Å². The molecule has 9 aromatic carbocycles. The van der Waals surface area contributed by atoms with E-state index in [1.165, 1.54) is 66.1 Å². The van der Waals surface area contributed by atoms with Crippen molar-refractivity contribution in [1.29, 1.82) is 0 Å². The van der Waals surface area contributed by atoms with Crippen LogP contribution in [-0.2, 0) is 5.41 Å². The van der Waals surface area contributed by atoms with Crippen LogP contribution in [0.5, 0.6) is 0 Å². The zero-order chi connectivity index (χ0) is 37.5. The molecule has 2 aliphatic carbocycles. The molecular formula is C54H33N3. The van der Waals surface area contributed by atoms with E-state index in [0.29, 0.717) is 17.5 Å². The van der Waals surface area contributed by atoms with Gasteiger partial charge in [0.05, 0.1) is 5.41 Å². The van der Waals surface area contributed by atoms with E-state index in [4.69, 9.17) is 15.0 Å². The molecule has 0 saturated carbocycles. The van der Waals surface area contributed by atoms with Gasteiger partial charge in [-0.2, -0.15) is 0 Å². The molecule has 1 heterocycles. The van der Waals surface area contributed by atoms with Gasteiger partial charge < -0.3 is 0 Å². The average molecular weight is 724 g/mol. The summed E-state index contributed by atoms with van der Waals surface area (Å²) in [5.41, 5.74) is 15.4. The molecule has 0 atom stereocenters. The lowest BCUT2D eigenvalue weighted by Gasteiger charge is -2.31. The van der Waals surface area contributed by atoms with Crippen LogP contribution >= 0.6 is 0 Å². The first-order chi connectivity index (χ1) is 28.3. The van der Waals surface area contributed by atoms with Gasteiger partial charge in [-0.15, -0.1) is 0 Å². The van der Waals surface area contributed by atoms with Gasteiger partial charge in [-0.25, -0.2) is 15.0 Å². The second-order valence-electron chi connectivity index (χ2n) is 15.1. The van der Waals surface area contributed by atoms with Gasteiger partial charge in [0.15, 0.2) is 17.5 Å². The van der Waals surface area contributed by atoms with Crippen LogP contribution < -0.4 is 0 Å². The average Bonchev–Trinajstić information content (AvgIpc) is 3.77. The van der Waals surface area contributed by atoms with E-state index in [-0.39, 0.29) is 0 Å². The summed E-state index contributed by atoms with van der Waals surface area (Å²) in [4.78, 5) is 15.0. The van der Waals surface area contributed by atoms with Crippen LogP contribution in [0.25, 0.3) is 89.1 Å². The number of hydrogen-bond donors (Lipinski definition) is 0. The van der Waals surface area contributed by atoms with E-state index >= 15 is 0 Å². The topological polar surface area (TPSA) is 38.7 Å². The predicted octanol–water partition coefficient (Wildman–Crippen LogP) is 13.2. The highest BCUT2D eigenvalue weighted by Crippen LogP contribution is 2.65. The van der Waals surface area contributed by atoms with Crippen molar-refractivity contribution in [2.45, 2.75) is 5.41 Å². The molecule has 0 aliphatic heterocycles. The summed E-state index contributed by atoms with van der Waals surface area (Å²) in [7, 11) is 0. The van der Waals surface area contributed by atoms with E-state index < -0.39 is 5.41 Å². The Morgan fingerprint density at radius 1 is 0.298 bits per heavy atom. The van der Waals surface area contributed by atoms with Gasteiger partial charge >= 0.3 is 0 Å². The summed E-state index contributed by atoms with van der Waals surface area (Å²) < 4.78 is 0. The summed E-state index contributed by atoms with van der Waals surface area (Å²) in [6, 6.07) is 72.2. The van der Waals surface area contributed by atoms with Gasteiger partial charge in [-0.3, -0.25) is 0 Å². The minimum atomic E-state index is -0.436. The first-order valence-corrected chi connectivity index (χ1v) is 19.5. The lowest BCUT2D eigenvalue weighted by molar-refractivity contribution is 0.802. The van der Waals surface area contributed by atoms with Gasteiger partial charge in [0.25, 0.3) is 0 Å². The van der Waals surface area contributed by atoms with Crippen molar-refractivity contribution in [2.24, 2.45) is 0 Å². The van der Waals surface area contributed by atoms with Gasteiger partial charge in [-0.1, -0.05) is 188 Å². The van der Waals surface area contributed by atoms with Crippen LogP contribution in [0.1, 0.15) is 22.3 Å². The highest BCUT2D eigenvalue weighted by Gasteiger charge is 2.52. The molecule has 10 aromatic rings.